The summed E-state index contributed by atoms with van der Waals surface area (Å²) in [5, 5.41) is 2.78. The molecule has 5 nitrogen and oxygen atoms in total. The number of piperidine rings is 1. The van der Waals surface area contributed by atoms with E-state index in [2.05, 4.69) is 5.32 Å². The summed E-state index contributed by atoms with van der Waals surface area (Å²) in [6.07, 6.45) is 2.64. The number of hydrogen-bond acceptors (Lipinski definition) is 3. The maximum absolute atomic E-state index is 13.0. The minimum absolute atomic E-state index is 0.250. The zero-order valence-corrected chi connectivity index (χ0v) is 12.7. The van der Waals surface area contributed by atoms with Gasteiger partial charge < -0.3 is 5.32 Å². The zero-order chi connectivity index (χ0) is 15.5. The van der Waals surface area contributed by atoms with E-state index in [1.54, 1.807) is 6.07 Å². The van der Waals surface area contributed by atoms with Gasteiger partial charge in [0, 0.05) is 25.2 Å². The number of sulfonamides is 1. The molecule has 0 unspecified atom stereocenters. The normalized spacial score (nSPS) is 17.6. The number of carbonyl (C=O) groups excluding carboxylic acids is 1. The topological polar surface area (TPSA) is 66.5 Å². The summed E-state index contributed by atoms with van der Waals surface area (Å²) in [7, 11) is -3.12. The van der Waals surface area contributed by atoms with Crippen molar-refractivity contribution >= 4 is 15.9 Å². The molecule has 0 atom stereocenters. The van der Waals surface area contributed by atoms with Crippen LogP contribution in [0.15, 0.2) is 24.3 Å². The first-order valence-electron chi connectivity index (χ1n) is 6.85. The van der Waals surface area contributed by atoms with Crippen LogP contribution in [-0.4, -0.2) is 44.5 Å². The third-order valence-corrected chi connectivity index (χ3v) is 4.98. The predicted octanol–water partition coefficient (Wildman–Crippen LogP) is 1.23. The van der Waals surface area contributed by atoms with Gasteiger partial charge in [0.15, 0.2) is 0 Å². The first-order chi connectivity index (χ1) is 9.86. The zero-order valence-electron chi connectivity index (χ0n) is 11.9. The molecule has 1 aromatic carbocycles. The molecule has 1 aliphatic rings. The first kappa shape index (κ1) is 15.9. The van der Waals surface area contributed by atoms with Crippen LogP contribution in [0.1, 0.15) is 23.2 Å². The lowest BCUT2D eigenvalue weighted by atomic mass is 9.98. The van der Waals surface area contributed by atoms with Crippen LogP contribution in [0, 0.1) is 11.7 Å². The van der Waals surface area contributed by atoms with Gasteiger partial charge in [0.2, 0.25) is 10.0 Å². The molecule has 1 heterocycles. The SMILES string of the molecule is CS(=O)(=O)N1CCC(CNC(=O)c2cccc(F)c2)CC1. The highest BCUT2D eigenvalue weighted by atomic mass is 32.2. The van der Waals surface area contributed by atoms with Crippen molar-refractivity contribution in [3.05, 3.63) is 35.6 Å². The number of amides is 1. The average molecular weight is 314 g/mol. The van der Waals surface area contributed by atoms with Crippen LogP contribution in [0.4, 0.5) is 4.39 Å². The molecular weight excluding hydrogens is 295 g/mol. The van der Waals surface area contributed by atoms with Gasteiger partial charge in [-0.3, -0.25) is 4.79 Å². The second-order valence-electron chi connectivity index (χ2n) is 5.33. The summed E-state index contributed by atoms with van der Waals surface area (Å²) >= 11 is 0. The van der Waals surface area contributed by atoms with Crippen LogP contribution >= 0.6 is 0 Å². The number of carbonyl (C=O) groups is 1. The second-order valence-corrected chi connectivity index (χ2v) is 7.31. The van der Waals surface area contributed by atoms with E-state index in [4.69, 9.17) is 0 Å². The van der Waals surface area contributed by atoms with Crippen LogP contribution < -0.4 is 5.32 Å². The van der Waals surface area contributed by atoms with Gasteiger partial charge in [-0.05, 0) is 37.0 Å². The van der Waals surface area contributed by atoms with E-state index in [1.165, 1.54) is 28.8 Å². The Balaban J connectivity index is 1.81. The molecule has 116 valence electrons. The monoisotopic (exact) mass is 314 g/mol. The van der Waals surface area contributed by atoms with E-state index in [9.17, 15) is 17.6 Å². The van der Waals surface area contributed by atoms with Gasteiger partial charge in [-0.25, -0.2) is 17.1 Å². The van der Waals surface area contributed by atoms with Gasteiger partial charge in [-0.1, -0.05) is 6.07 Å². The number of hydrogen-bond donors (Lipinski definition) is 1. The Morgan fingerprint density at radius 1 is 1.38 bits per heavy atom. The van der Waals surface area contributed by atoms with Gasteiger partial charge in [-0.2, -0.15) is 0 Å². The Kier molecular flexibility index (Phi) is 4.95. The maximum atomic E-state index is 13.0. The minimum atomic E-state index is -3.12. The fourth-order valence-corrected chi connectivity index (χ4v) is 3.29. The molecule has 1 aromatic rings. The molecule has 0 aliphatic carbocycles. The molecule has 0 radical (unpaired) electrons. The Bertz CT molecular complexity index is 610. The molecule has 0 spiro atoms. The van der Waals surface area contributed by atoms with Crippen LogP contribution in [0.3, 0.4) is 0 Å². The van der Waals surface area contributed by atoms with Crippen molar-refractivity contribution in [3.63, 3.8) is 0 Å². The minimum Gasteiger partial charge on any atom is -0.352 e. The Labute approximate surface area is 124 Å². The quantitative estimate of drug-likeness (QED) is 0.909. The molecule has 7 heteroatoms. The van der Waals surface area contributed by atoms with Gasteiger partial charge in [0.1, 0.15) is 5.82 Å². The van der Waals surface area contributed by atoms with Crippen molar-refractivity contribution in [1.29, 1.82) is 0 Å². The third-order valence-electron chi connectivity index (χ3n) is 3.68. The van der Waals surface area contributed by atoms with Crippen molar-refractivity contribution in [2.24, 2.45) is 5.92 Å². The number of rotatable bonds is 4. The summed E-state index contributed by atoms with van der Waals surface area (Å²) in [5.41, 5.74) is 0.295. The maximum Gasteiger partial charge on any atom is 0.251 e. The molecule has 1 saturated heterocycles. The van der Waals surface area contributed by atoms with Gasteiger partial charge in [-0.15, -0.1) is 0 Å². The summed E-state index contributed by atoms with van der Waals surface area (Å²) in [6, 6.07) is 5.54. The van der Waals surface area contributed by atoms with Crippen molar-refractivity contribution in [3.8, 4) is 0 Å². The Morgan fingerprint density at radius 2 is 2.05 bits per heavy atom. The van der Waals surface area contributed by atoms with Crippen LogP contribution in [0.2, 0.25) is 0 Å². The molecular formula is C14H19FN2O3S. The summed E-state index contributed by atoms with van der Waals surface area (Å²) in [5.74, 6) is -0.496. The van der Waals surface area contributed by atoms with Crippen LogP contribution in [0.25, 0.3) is 0 Å². The molecule has 21 heavy (non-hydrogen) atoms. The summed E-state index contributed by atoms with van der Waals surface area (Å²) in [4.78, 5) is 11.9. The van der Waals surface area contributed by atoms with Crippen LogP contribution in [0.5, 0.6) is 0 Å². The molecule has 1 aliphatic heterocycles. The van der Waals surface area contributed by atoms with Gasteiger partial charge >= 0.3 is 0 Å². The summed E-state index contributed by atoms with van der Waals surface area (Å²) in [6.45, 7) is 1.45. The van der Waals surface area contributed by atoms with Crippen molar-refractivity contribution in [2.75, 3.05) is 25.9 Å². The fourth-order valence-electron chi connectivity index (χ4n) is 2.41. The fraction of sp³-hybridized carbons (Fsp3) is 0.500. The first-order valence-corrected chi connectivity index (χ1v) is 8.70. The Hall–Kier alpha value is -1.47. The molecule has 1 amide bonds. The van der Waals surface area contributed by atoms with Gasteiger partial charge in [0.05, 0.1) is 6.26 Å². The van der Waals surface area contributed by atoms with E-state index >= 15 is 0 Å². The molecule has 1 N–H and O–H groups in total. The van der Waals surface area contributed by atoms with E-state index < -0.39 is 15.8 Å². The lowest BCUT2D eigenvalue weighted by Gasteiger charge is -2.30. The number of benzene rings is 1. The highest BCUT2D eigenvalue weighted by Crippen LogP contribution is 2.18. The second kappa shape index (κ2) is 6.53. The highest BCUT2D eigenvalue weighted by molar-refractivity contribution is 7.88. The third kappa shape index (κ3) is 4.50. The van der Waals surface area contributed by atoms with Gasteiger partial charge in [0.25, 0.3) is 5.91 Å². The number of nitrogens with zero attached hydrogens (tertiary/aromatic N) is 1. The average Bonchev–Trinajstić information content (AvgIpc) is 2.44. The molecule has 2 rings (SSSR count). The molecule has 0 bridgehead atoms. The highest BCUT2D eigenvalue weighted by Gasteiger charge is 2.25. The number of nitrogens with one attached hydrogen (secondary N) is 1. The van der Waals surface area contributed by atoms with E-state index in [1.807, 2.05) is 0 Å². The van der Waals surface area contributed by atoms with E-state index in [-0.39, 0.29) is 11.8 Å². The predicted molar refractivity (Wildman–Crippen MR) is 77.9 cm³/mol. The smallest absolute Gasteiger partial charge is 0.251 e. The molecule has 1 fully saturated rings. The molecule has 0 saturated carbocycles. The number of halogens is 1. The lowest BCUT2D eigenvalue weighted by molar-refractivity contribution is 0.0941. The van der Waals surface area contributed by atoms with Crippen molar-refractivity contribution in [1.82, 2.24) is 9.62 Å². The standard InChI is InChI=1S/C14H19FN2O3S/c1-21(19,20)17-7-5-11(6-8-17)10-16-14(18)12-3-2-4-13(15)9-12/h2-4,9,11H,5-8,10H2,1H3,(H,16,18). The Morgan fingerprint density at radius 3 is 2.62 bits per heavy atom. The van der Waals surface area contributed by atoms with E-state index in [0.717, 1.165) is 12.8 Å². The molecule has 0 aromatic heterocycles. The lowest BCUT2D eigenvalue weighted by Crippen LogP contribution is -2.41. The van der Waals surface area contributed by atoms with Crippen molar-refractivity contribution in [2.45, 2.75) is 12.8 Å². The largest absolute Gasteiger partial charge is 0.352 e. The summed E-state index contributed by atoms with van der Waals surface area (Å²) < 4.78 is 37.3. The van der Waals surface area contributed by atoms with Crippen molar-refractivity contribution < 1.29 is 17.6 Å². The van der Waals surface area contributed by atoms with E-state index in [0.29, 0.717) is 25.2 Å². The van der Waals surface area contributed by atoms with Crippen LogP contribution in [-0.2, 0) is 10.0 Å².